The summed E-state index contributed by atoms with van der Waals surface area (Å²) in [6.07, 6.45) is 0. The molecule has 0 aromatic carbocycles. The van der Waals surface area contributed by atoms with Crippen molar-refractivity contribution in [2.24, 2.45) is 0 Å². The molecule has 0 fully saturated rings. The summed E-state index contributed by atoms with van der Waals surface area (Å²) in [5, 5.41) is 50.6. The molecule has 192 valence electrons. The molecule has 0 aliphatic heterocycles. The largest absolute Gasteiger partial charge is 0.477 e. The first-order valence-electron chi connectivity index (χ1n) is 9.14. The first kappa shape index (κ1) is 36.8. The van der Waals surface area contributed by atoms with Gasteiger partial charge in [-0.25, -0.2) is 43.7 Å². The summed E-state index contributed by atoms with van der Waals surface area (Å²) in [6, 6.07) is 11.4. The van der Waals surface area contributed by atoms with Gasteiger partial charge in [0.05, 0.1) is 0 Å². The fourth-order valence-electron chi connectivity index (χ4n) is 2.02. The van der Waals surface area contributed by atoms with Gasteiger partial charge in [-0.05, 0) is 36.4 Å². The number of rotatable bonds is 6. The minimum absolute atomic E-state index is 0. The van der Waals surface area contributed by atoms with E-state index >= 15 is 0 Å². The molecule has 2 radical (unpaired) electrons. The summed E-state index contributed by atoms with van der Waals surface area (Å²) >= 11 is 0. The third-order valence-corrected chi connectivity index (χ3v) is 3.56. The van der Waals surface area contributed by atoms with E-state index in [1.807, 2.05) is 0 Å². The fraction of sp³-hybridized carbons (Fsp3) is 0. The molecule has 0 spiro atoms. The Bertz CT molecular complexity index is 1090. The molecular formula is C21H15La2N3O12. The Hall–Kier alpha value is -3.34. The minimum Gasteiger partial charge on any atom is -0.477 e. The Morgan fingerprint density at radius 2 is 0.500 bits per heavy atom. The van der Waals surface area contributed by atoms with Crippen LogP contribution in [0.25, 0.3) is 0 Å². The second kappa shape index (κ2) is 18.0. The SMILES string of the molecule is O=C(O)c1cccc(C(=O)O)n1.O=C(O)c1cccc(C(=O)O)n1.O=C(O)c1cccc(C(=O)O)n1.[La].[La]. The maximum Gasteiger partial charge on any atom is 0.354 e. The van der Waals surface area contributed by atoms with E-state index in [2.05, 4.69) is 15.0 Å². The van der Waals surface area contributed by atoms with Crippen LogP contribution in [0, 0.1) is 71.2 Å². The zero-order valence-electron chi connectivity index (χ0n) is 18.8. The summed E-state index contributed by atoms with van der Waals surface area (Å²) in [5.41, 5.74) is -1.61. The Morgan fingerprint density at radius 1 is 0.368 bits per heavy atom. The van der Waals surface area contributed by atoms with Crippen LogP contribution in [0.4, 0.5) is 0 Å². The van der Waals surface area contributed by atoms with Gasteiger partial charge in [-0.3, -0.25) is 0 Å². The van der Waals surface area contributed by atoms with Gasteiger partial charge in [-0.15, -0.1) is 0 Å². The normalized spacial score (nSPS) is 8.84. The number of pyridine rings is 3. The van der Waals surface area contributed by atoms with Crippen molar-refractivity contribution in [3.8, 4) is 0 Å². The van der Waals surface area contributed by atoms with Crippen LogP contribution in [-0.2, 0) is 0 Å². The molecule has 6 N–H and O–H groups in total. The van der Waals surface area contributed by atoms with Crippen LogP contribution in [0.1, 0.15) is 62.9 Å². The number of carboxylic acids is 6. The second-order valence-corrected chi connectivity index (χ2v) is 6.06. The van der Waals surface area contributed by atoms with Gasteiger partial charge in [0.1, 0.15) is 34.2 Å². The number of carboxylic acid groups (broad SMARTS) is 6. The minimum atomic E-state index is -1.24. The van der Waals surface area contributed by atoms with E-state index in [0.29, 0.717) is 0 Å². The van der Waals surface area contributed by atoms with Crippen molar-refractivity contribution in [2.45, 2.75) is 0 Å². The van der Waals surface area contributed by atoms with Gasteiger partial charge < -0.3 is 30.6 Å². The number of carbonyl (C=O) groups is 6. The number of hydrogen-bond donors (Lipinski definition) is 6. The van der Waals surface area contributed by atoms with Crippen molar-refractivity contribution < 1.29 is 131 Å². The van der Waals surface area contributed by atoms with Crippen molar-refractivity contribution in [2.75, 3.05) is 0 Å². The standard InChI is InChI=1S/3C7H5NO4.2La/c3*9-6(10)4-2-1-3-5(8-4)7(11)12;;/h3*1-3H,(H,9,10)(H,11,12);;. The molecule has 0 aliphatic rings. The summed E-state index contributed by atoms with van der Waals surface area (Å²) in [4.78, 5) is 72.0. The summed E-state index contributed by atoms with van der Waals surface area (Å²) in [6.45, 7) is 0. The zero-order chi connectivity index (χ0) is 27.4. The monoisotopic (exact) mass is 779 g/mol. The van der Waals surface area contributed by atoms with Crippen LogP contribution in [0.2, 0.25) is 0 Å². The molecule has 0 amide bonds. The van der Waals surface area contributed by atoms with Crippen molar-refractivity contribution in [1.82, 2.24) is 15.0 Å². The molecule has 3 heterocycles. The van der Waals surface area contributed by atoms with Crippen molar-refractivity contribution in [3.05, 3.63) is 88.8 Å². The molecule has 0 aliphatic carbocycles. The molecule has 17 heteroatoms. The van der Waals surface area contributed by atoms with Gasteiger partial charge in [0.15, 0.2) is 0 Å². The third-order valence-electron chi connectivity index (χ3n) is 3.56. The maximum absolute atomic E-state index is 10.3. The van der Waals surface area contributed by atoms with E-state index in [1.165, 1.54) is 54.6 Å². The number of aromatic nitrogens is 3. The quantitative estimate of drug-likeness (QED) is 0.207. The topological polar surface area (TPSA) is 262 Å². The van der Waals surface area contributed by atoms with Crippen molar-refractivity contribution >= 4 is 35.8 Å². The number of aromatic carboxylic acids is 6. The van der Waals surface area contributed by atoms with E-state index in [1.54, 1.807) is 0 Å². The molecular weight excluding hydrogens is 764 g/mol. The van der Waals surface area contributed by atoms with E-state index in [9.17, 15) is 28.8 Å². The van der Waals surface area contributed by atoms with E-state index in [-0.39, 0.29) is 105 Å². The molecule has 15 nitrogen and oxygen atoms in total. The molecule has 0 unspecified atom stereocenters. The van der Waals surface area contributed by atoms with Crippen LogP contribution < -0.4 is 0 Å². The molecule has 3 rings (SSSR count). The van der Waals surface area contributed by atoms with Crippen LogP contribution >= 0.6 is 0 Å². The van der Waals surface area contributed by atoms with Crippen molar-refractivity contribution in [1.29, 1.82) is 0 Å². The molecule has 0 bridgehead atoms. The zero-order valence-corrected chi connectivity index (χ0v) is 26.1. The fourth-order valence-corrected chi connectivity index (χ4v) is 2.02. The van der Waals surface area contributed by atoms with E-state index in [0.717, 1.165) is 0 Å². The first-order chi connectivity index (χ1) is 16.8. The van der Waals surface area contributed by atoms with Gasteiger partial charge in [-0.1, -0.05) is 18.2 Å². The van der Waals surface area contributed by atoms with Gasteiger partial charge in [-0.2, -0.15) is 0 Å². The molecule has 3 aromatic heterocycles. The number of hydrogen-bond acceptors (Lipinski definition) is 9. The average molecular weight is 779 g/mol. The van der Waals surface area contributed by atoms with Gasteiger partial charge in [0.2, 0.25) is 0 Å². The van der Waals surface area contributed by atoms with E-state index < -0.39 is 35.8 Å². The average Bonchev–Trinajstić information content (AvgIpc) is 2.85. The Morgan fingerprint density at radius 3 is 0.605 bits per heavy atom. The maximum atomic E-state index is 10.3. The number of nitrogens with zero attached hydrogens (tertiary/aromatic N) is 3. The second-order valence-electron chi connectivity index (χ2n) is 6.06. The molecule has 0 atom stereocenters. The Kier molecular flexibility index (Phi) is 17.4. The third kappa shape index (κ3) is 12.8. The smallest absolute Gasteiger partial charge is 0.354 e. The summed E-state index contributed by atoms with van der Waals surface area (Å²) in [5.74, 6) is -7.43. The predicted octanol–water partition coefficient (Wildman–Crippen LogP) is 1.43. The molecule has 3 aromatic rings. The molecule has 38 heavy (non-hydrogen) atoms. The van der Waals surface area contributed by atoms with Crippen LogP contribution in [-0.4, -0.2) is 81.4 Å². The summed E-state index contributed by atoms with van der Waals surface area (Å²) in [7, 11) is 0. The predicted molar refractivity (Wildman–Crippen MR) is 114 cm³/mol. The van der Waals surface area contributed by atoms with Crippen LogP contribution in [0.3, 0.4) is 0 Å². The Balaban J connectivity index is 0. The van der Waals surface area contributed by atoms with Gasteiger partial charge >= 0.3 is 35.8 Å². The van der Waals surface area contributed by atoms with Gasteiger partial charge in [0.25, 0.3) is 0 Å². The molecule has 0 saturated heterocycles. The van der Waals surface area contributed by atoms with E-state index in [4.69, 9.17) is 30.6 Å². The Labute approximate surface area is 267 Å². The van der Waals surface area contributed by atoms with Crippen LogP contribution in [0.15, 0.2) is 54.6 Å². The first-order valence-corrected chi connectivity index (χ1v) is 9.14. The van der Waals surface area contributed by atoms with Gasteiger partial charge in [0, 0.05) is 71.2 Å². The van der Waals surface area contributed by atoms with Crippen LogP contribution in [0.5, 0.6) is 0 Å². The molecule has 0 saturated carbocycles. The summed E-state index contributed by atoms with van der Waals surface area (Å²) < 4.78 is 0. The van der Waals surface area contributed by atoms with Crippen molar-refractivity contribution in [3.63, 3.8) is 0 Å².